The van der Waals surface area contributed by atoms with E-state index < -0.39 is 0 Å². The Morgan fingerprint density at radius 2 is 2.06 bits per heavy atom. The van der Waals surface area contributed by atoms with E-state index in [1.54, 1.807) is 0 Å². The third kappa shape index (κ3) is 2.46. The van der Waals surface area contributed by atoms with Gasteiger partial charge in [0.1, 0.15) is 0 Å². The summed E-state index contributed by atoms with van der Waals surface area (Å²) in [5.74, 6) is 1.71. The van der Waals surface area contributed by atoms with Crippen molar-refractivity contribution < 1.29 is 4.79 Å². The van der Waals surface area contributed by atoms with Gasteiger partial charge in [0, 0.05) is 38.8 Å². The van der Waals surface area contributed by atoms with Crippen LogP contribution in [0.5, 0.6) is 0 Å². The number of rotatable bonds is 1. The summed E-state index contributed by atoms with van der Waals surface area (Å²) in [6, 6.07) is 0. The van der Waals surface area contributed by atoms with Crippen LogP contribution < -0.4 is 0 Å². The number of carbonyl (C=O) groups is 1. The summed E-state index contributed by atoms with van der Waals surface area (Å²) in [7, 11) is 6.15. The van der Waals surface area contributed by atoms with Crippen molar-refractivity contribution in [3.05, 3.63) is 11.8 Å². The summed E-state index contributed by atoms with van der Waals surface area (Å²) in [5.41, 5.74) is 1.03. The second-order valence-corrected chi connectivity index (χ2v) is 5.52. The molecule has 0 aromatic heterocycles. The standard InChI is InChI=1S/C13H22N2O/c1-14(2)8-12-6-11-9-15(3)5-4-10(11)7-13(12)16/h8,10-11H,4-7,9H2,1-3H3. The minimum atomic E-state index is 0.375. The molecule has 0 N–H and O–H groups in total. The fourth-order valence-electron chi connectivity index (χ4n) is 2.96. The quantitative estimate of drug-likeness (QED) is 0.626. The summed E-state index contributed by atoms with van der Waals surface area (Å²) in [4.78, 5) is 16.3. The van der Waals surface area contributed by atoms with Gasteiger partial charge >= 0.3 is 0 Å². The lowest BCUT2D eigenvalue weighted by atomic mass is 9.73. The van der Waals surface area contributed by atoms with Crippen LogP contribution in [0.3, 0.4) is 0 Å². The van der Waals surface area contributed by atoms with Crippen LogP contribution >= 0.6 is 0 Å². The van der Waals surface area contributed by atoms with E-state index in [2.05, 4.69) is 11.9 Å². The molecule has 2 aliphatic rings. The Morgan fingerprint density at radius 1 is 1.31 bits per heavy atom. The molecule has 0 amide bonds. The SMILES string of the molecule is CN(C)C=C1CC2CN(C)CCC2CC1=O. The Hall–Kier alpha value is -0.830. The third-order valence-corrected chi connectivity index (χ3v) is 3.80. The van der Waals surface area contributed by atoms with Gasteiger partial charge in [-0.25, -0.2) is 0 Å². The minimum absolute atomic E-state index is 0.375. The van der Waals surface area contributed by atoms with Crippen molar-refractivity contribution in [2.24, 2.45) is 11.8 Å². The molecular weight excluding hydrogens is 200 g/mol. The van der Waals surface area contributed by atoms with Gasteiger partial charge in [-0.15, -0.1) is 0 Å². The number of carbonyl (C=O) groups excluding carboxylic acids is 1. The molecule has 0 spiro atoms. The second-order valence-electron chi connectivity index (χ2n) is 5.52. The van der Waals surface area contributed by atoms with Gasteiger partial charge in [0.2, 0.25) is 0 Å². The van der Waals surface area contributed by atoms with Crippen LogP contribution in [0.4, 0.5) is 0 Å². The van der Waals surface area contributed by atoms with Crippen molar-refractivity contribution >= 4 is 5.78 Å². The Bertz CT molecular complexity index is 309. The number of hydrogen-bond donors (Lipinski definition) is 0. The molecule has 0 radical (unpaired) electrons. The molecule has 3 nitrogen and oxygen atoms in total. The number of allylic oxidation sites excluding steroid dienone is 1. The number of Topliss-reactive ketones (excluding diaryl/α,β-unsaturated/α-hetero) is 1. The van der Waals surface area contributed by atoms with Crippen LogP contribution in [-0.4, -0.2) is 49.8 Å². The molecule has 0 bridgehead atoms. The maximum atomic E-state index is 12.0. The molecule has 1 aliphatic heterocycles. The normalized spacial score (nSPS) is 33.9. The van der Waals surface area contributed by atoms with Crippen LogP contribution in [0.15, 0.2) is 11.8 Å². The van der Waals surface area contributed by atoms with Crippen molar-refractivity contribution in [2.75, 3.05) is 34.2 Å². The molecule has 2 rings (SSSR count). The Kier molecular flexibility index (Phi) is 3.33. The van der Waals surface area contributed by atoms with Gasteiger partial charge in [-0.2, -0.15) is 0 Å². The molecule has 3 heteroatoms. The van der Waals surface area contributed by atoms with Crippen LogP contribution in [0.25, 0.3) is 0 Å². The highest BCUT2D eigenvalue weighted by Gasteiger charge is 2.35. The van der Waals surface area contributed by atoms with Crippen molar-refractivity contribution in [3.63, 3.8) is 0 Å². The number of nitrogens with zero attached hydrogens (tertiary/aromatic N) is 2. The number of fused-ring (bicyclic) bond motifs is 1. The molecule has 2 atom stereocenters. The monoisotopic (exact) mass is 222 g/mol. The van der Waals surface area contributed by atoms with Crippen molar-refractivity contribution in [1.82, 2.24) is 9.80 Å². The first-order chi connectivity index (χ1) is 7.56. The van der Waals surface area contributed by atoms with E-state index in [0.717, 1.165) is 31.5 Å². The van der Waals surface area contributed by atoms with Gasteiger partial charge in [-0.3, -0.25) is 4.79 Å². The van der Waals surface area contributed by atoms with Crippen LogP contribution in [-0.2, 0) is 4.79 Å². The maximum absolute atomic E-state index is 12.0. The van der Waals surface area contributed by atoms with Gasteiger partial charge in [0.15, 0.2) is 5.78 Å². The predicted molar refractivity (Wildman–Crippen MR) is 65.1 cm³/mol. The third-order valence-electron chi connectivity index (χ3n) is 3.80. The average Bonchev–Trinajstić information content (AvgIpc) is 2.19. The van der Waals surface area contributed by atoms with E-state index in [9.17, 15) is 4.79 Å². The zero-order chi connectivity index (χ0) is 11.7. The number of likely N-dealkylation sites (tertiary alicyclic amines) is 1. The van der Waals surface area contributed by atoms with Crippen LogP contribution in [0, 0.1) is 11.8 Å². The van der Waals surface area contributed by atoms with E-state index in [-0.39, 0.29) is 0 Å². The molecule has 2 fully saturated rings. The van der Waals surface area contributed by atoms with Gasteiger partial charge < -0.3 is 9.80 Å². The number of piperidine rings is 1. The lowest BCUT2D eigenvalue weighted by molar-refractivity contribution is -0.119. The molecule has 0 aromatic rings. The summed E-state index contributed by atoms with van der Waals surface area (Å²) >= 11 is 0. The fourth-order valence-corrected chi connectivity index (χ4v) is 2.96. The summed E-state index contributed by atoms with van der Waals surface area (Å²) in [5, 5.41) is 0. The fraction of sp³-hybridized carbons (Fsp3) is 0.769. The highest BCUT2D eigenvalue weighted by atomic mass is 16.1. The highest BCUT2D eigenvalue weighted by Crippen LogP contribution is 2.36. The molecule has 2 unspecified atom stereocenters. The van der Waals surface area contributed by atoms with E-state index in [1.807, 2.05) is 25.2 Å². The predicted octanol–water partition coefficient (Wildman–Crippen LogP) is 1.36. The average molecular weight is 222 g/mol. The zero-order valence-electron chi connectivity index (χ0n) is 10.6. The number of hydrogen-bond acceptors (Lipinski definition) is 3. The lowest BCUT2D eigenvalue weighted by Crippen LogP contribution is -2.42. The van der Waals surface area contributed by atoms with E-state index in [4.69, 9.17) is 0 Å². The molecule has 0 aromatic carbocycles. The lowest BCUT2D eigenvalue weighted by Gasteiger charge is -2.40. The summed E-state index contributed by atoms with van der Waals surface area (Å²) in [6.07, 6.45) is 4.96. The topological polar surface area (TPSA) is 23.6 Å². The number of ketones is 1. The van der Waals surface area contributed by atoms with Crippen LogP contribution in [0.2, 0.25) is 0 Å². The molecular formula is C13H22N2O. The van der Waals surface area contributed by atoms with Gasteiger partial charge in [0.25, 0.3) is 0 Å². The van der Waals surface area contributed by atoms with Crippen molar-refractivity contribution in [3.8, 4) is 0 Å². The zero-order valence-corrected chi connectivity index (χ0v) is 10.6. The van der Waals surface area contributed by atoms with Gasteiger partial charge in [-0.05, 0) is 38.3 Å². The first kappa shape index (κ1) is 11.6. The summed E-state index contributed by atoms with van der Waals surface area (Å²) in [6.45, 7) is 2.31. The Morgan fingerprint density at radius 3 is 2.75 bits per heavy atom. The Balaban J connectivity index is 2.08. The molecule has 1 saturated heterocycles. The van der Waals surface area contributed by atoms with E-state index in [0.29, 0.717) is 17.6 Å². The van der Waals surface area contributed by atoms with E-state index in [1.165, 1.54) is 6.42 Å². The maximum Gasteiger partial charge on any atom is 0.160 e. The molecule has 1 aliphatic carbocycles. The highest BCUT2D eigenvalue weighted by molar-refractivity contribution is 5.96. The second kappa shape index (κ2) is 4.58. The molecule has 1 saturated carbocycles. The van der Waals surface area contributed by atoms with Gasteiger partial charge in [-0.1, -0.05) is 0 Å². The summed E-state index contributed by atoms with van der Waals surface area (Å²) < 4.78 is 0. The smallest absolute Gasteiger partial charge is 0.160 e. The molecule has 90 valence electrons. The van der Waals surface area contributed by atoms with Crippen molar-refractivity contribution in [1.29, 1.82) is 0 Å². The molecule has 16 heavy (non-hydrogen) atoms. The first-order valence-corrected chi connectivity index (χ1v) is 6.15. The first-order valence-electron chi connectivity index (χ1n) is 6.15. The largest absolute Gasteiger partial charge is 0.383 e. The van der Waals surface area contributed by atoms with Crippen LogP contribution in [0.1, 0.15) is 19.3 Å². The minimum Gasteiger partial charge on any atom is -0.383 e. The molecule has 1 heterocycles. The van der Waals surface area contributed by atoms with Crippen molar-refractivity contribution in [2.45, 2.75) is 19.3 Å². The van der Waals surface area contributed by atoms with E-state index >= 15 is 0 Å². The van der Waals surface area contributed by atoms with Gasteiger partial charge in [0.05, 0.1) is 0 Å². The Labute approximate surface area is 98.1 Å².